The van der Waals surface area contributed by atoms with Crippen molar-refractivity contribution in [1.82, 2.24) is 19.8 Å². The second kappa shape index (κ2) is 6.26. The van der Waals surface area contributed by atoms with Crippen molar-refractivity contribution in [2.75, 3.05) is 26.2 Å². The summed E-state index contributed by atoms with van der Waals surface area (Å²) in [4.78, 5) is 35.8. The van der Waals surface area contributed by atoms with E-state index in [4.69, 9.17) is 0 Å². The van der Waals surface area contributed by atoms with Crippen molar-refractivity contribution in [2.24, 2.45) is 5.41 Å². The molecule has 0 unspecified atom stereocenters. The molecule has 2 heterocycles. The van der Waals surface area contributed by atoms with Crippen molar-refractivity contribution in [3.8, 4) is 0 Å². The summed E-state index contributed by atoms with van der Waals surface area (Å²) >= 11 is 0. The van der Waals surface area contributed by atoms with E-state index in [1.165, 1.54) is 0 Å². The van der Waals surface area contributed by atoms with Crippen LogP contribution in [-0.2, 0) is 4.79 Å². The van der Waals surface area contributed by atoms with Crippen LogP contribution in [0.1, 0.15) is 37.6 Å². The van der Waals surface area contributed by atoms with Crippen LogP contribution in [0.4, 0.5) is 0 Å². The molecular formula is C18H24N4O2. The lowest BCUT2D eigenvalue weighted by Gasteiger charge is -2.36. The summed E-state index contributed by atoms with van der Waals surface area (Å²) in [5.74, 6) is 0.183. The molecule has 1 N–H and O–H groups in total. The number of rotatable bonds is 2. The average Bonchev–Trinajstić information content (AvgIpc) is 3.00. The van der Waals surface area contributed by atoms with Gasteiger partial charge in [0.2, 0.25) is 5.91 Å². The molecule has 1 aliphatic heterocycles. The molecule has 1 aliphatic rings. The van der Waals surface area contributed by atoms with Crippen LogP contribution in [0.25, 0.3) is 11.0 Å². The Labute approximate surface area is 141 Å². The van der Waals surface area contributed by atoms with Gasteiger partial charge in [-0.1, -0.05) is 20.8 Å². The predicted molar refractivity (Wildman–Crippen MR) is 92.6 cm³/mol. The molecule has 0 atom stereocenters. The summed E-state index contributed by atoms with van der Waals surface area (Å²) in [5.41, 5.74) is 2.36. The Kier molecular flexibility index (Phi) is 4.30. The van der Waals surface area contributed by atoms with Crippen molar-refractivity contribution in [1.29, 1.82) is 0 Å². The monoisotopic (exact) mass is 328 g/mol. The van der Waals surface area contributed by atoms with Gasteiger partial charge in [0.25, 0.3) is 5.91 Å². The molecule has 24 heavy (non-hydrogen) atoms. The summed E-state index contributed by atoms with van der Waals surface area (Å²) in [5, 5.41) is 0. The number of H-pyrrole nitrogens is 1. The Bertz CT molecular complexity index is 752. The van der Waals surface area contributed by atoms with E-state index in [1.54, 1.807) is 6.33 Å². The van der Waals surface area contributed by atoms with Gasteiger partial charge in [-0.2, -0.15) is 0 Å². The van der Waals surface area contributed by atoms with Crippen molar-refractivity contribution >= 4 is 22.8 Å². The van der Waals surface area contributed by atoms with Crippen LogP contribution in [0.2, 0.25) is 0 Å². The number of hydrogen-bond acceptors (Lipinski definition) is 3. The Balaban J connectivity index is 1.61. The molecule has 0 aliphatic carbocycles. The highest BCUT2D eigenvalue weighted by Gasteiger charge is 2.27. The third kappa shape index (κ3) is 3.58. The van der Waals surface area contributed by atoms with Gasteiger partial charge in [-0.15, -0.1) is 0 Å². The van der Waals surface area contributed by atoms with Crippen LogP contribution in [0.15, 0.2) is 24.5 Å². The highest BCUT2D eigenvalue weighted by atomic mass is 16.2. The fourth-order valence-corrected chi connectivity index (χ4v) is 2.98. The molecule has 128 valence electrons. The third-order valence-corrected chi connectivity index (χ3v) is 4.27. The maximum atomic E-state index is 12.7. The summed E-state index contributed by atoms with van der Waals surface area (Å²) < 4.78 is 0. The molecule has 0 spiro atoms. The van der Waals surface area contributed by atoms with Crippen LogP contribution in [0.5, 0.6) is 0 Å². The topological polar surface area (TPSA) is 69.3 Å². The van der Waals surface area contributed by atoms with Gasteiger partial charge in [0, 0.05) is 38.2 Å². The molecule has 0 saturated carbocycles. The molecule has 0 bridgehead atoms. The molecule has 2 aromatic rings. The number of carbonyl (C=O) groups is 2. The zero-order chi connectivity index (χ0) is 17.3. The SMILES string of the molecule is CC(C)(C)CC(=O)N1CCN(C(=O)c2ccc3nc[nH]c3c2)CC1. The van der Waals surface area contributed by atoms with E-state index in [0.717, 1.165) is 11.0 Å². The lowest BCUT2D eigenvalue weighted by molar-refractivity contribution is -0.134. The van der Waals surface area contributed by atoms with E-state index in [0.29, 0.717) is 38.2 Å². The fraction of sp³-hybridized carbons (Fsp3) is 0.500. The lowest BCUT2D eigenvalue weighted by atomic mass is 9.91. The Hall–Kier alpha value is -2.37. The van der Waals surface area contributed by atoms with Gasteiger partial charge >= 0.3 is 0 Å². The summed E-state index contributed by atoms with van der Waals surface area (Å²) in [6.45, 7) is 8.56. The van der Waals surface area contributed by atoms with E-state index in [-0.39, 0.29) is 17.2 Å². The first-order valence-corrected chi connectivity index (χ1v) is 8.34. The van der Waals surface area contributed by atoms with Gasteiger partial charge < -0.3 is 14.8 Å². The minimum atomic E-state index is -0.0104. The Morgan fingerprint density at radius 3 is 2.46 bits per heavy atom. The van der Waals surface area contributed by atoms with Gasteiger partial charge in [0.15, 0.2) is 0 Å². The van der Waals surface area contributed by atoms with Gasteiger partial charge in [-0.3, -0.25) is 9.59 Å². The number of carbonyl (C=O) groups excluding carboxylic acids is 2. The zero-order valence-electron chi connectivity index (χ0n) is 14.5. The van der Waals surface area contributed by atoms with Crippen molar-refractivity contribution in [2.45, 2.75) is 27.2 Å². The number of piperazine rings is 1. The van der Waals surface area contributed by atoms with Crippen molar-refractivity contribution < 1.29 is 9.59 Å². The molecule has 2 amide bonds. The predicted octanol–water partition coefficient (Wildman–Crippen LogP) is 2.28. The largest absolute Gasteiger partial charge is 0.345 e. The van der Waals surface area contributed by atoms with E-state index in [9.17, 15) is 9.59 Å². The normalized spacial score (nSPS) is 15.8. The number of fused-ring (bicyclic) bond motifs is 1. The molecule has 1 fully saturated rings. The standard InChI is InChI=1S/C18H24N4O2/c1-18(2,3)11-16(23)21-6-8-22(9-7-21)17(24)13-4-5-14-15(10-13)20-12-19-14/h4-5,10,12H,6-9,11H2,1-3H3,(H,19,20). The lowest BCUT2D eigenvalue weighted by Crippen LogP contribution is -2.51. The van der Waals surface area contributed by atoms with Gasteiger partial charge in [-0.05, 0) is 23.6 Å². The van der Waals surface area contributed by atoms with Crippen LogP contribution in [-0.4, -0.2) is 57.8 Å². The number of amides is 2. The summed E-state index contributed by atoms with van der Waals surface area (Å²) in [7, 11) is 0. The number of nitrogens with zero attached hydrogens (tertiary/aromatic N) is 3. The second-order valence-corrected chi connectivity index (χ2v) is 7.54. The quantitative estimate of drug-likeness (QED) is 0.919. The van der Waals surface area contributed by atoms with E-state index in [2.05, 4.69) is 30.7 Å². The van der Waals surface area contributed by atoms with Crippen molar-refractivity contribution in [3.63, 3.8) is 0 Å². The maximum absolute atomic E-state index is 12.7. The number of aromatic amines is 1. The van der Waals surface area contributed by atoms with Crippen LogP contribution < -0.4 is 0 Å². The number of nitrogens with one attached hydrogen (secondary N) is 1. The van der Waals surface area contributed by atoms with Crippen LogP contribution in [0, 0.1) is 5.41 Å². The van der Waals surface area contributed by atoms with Gasteiger partial charge in [-0.25, -0.2) is 4.98 Å². The molecule has 1 saturated heterocycles. The van der Waals surface area contributed by atoms with E-state index < -0.39 is 0 Å². The highest BCUT2D eigenvalue weighted by Crippen LogP contribution is 2.21. The minimum absolute atomic E-state index is 0.00872. The Morgan fingerprint density at radius 1 is 1.12 bits per heavy atom. The van der Waals surface area contributed by atoms with Crippen molar-refractivity contribution in [3.05, 3.63) is 30.1 Å². The molecule has 1 aromatic heterocycles. The Morgan fingerprint density at radius 2 is 1.79 bits per heavy atom. The van der Waals surface area contributed by atoms with Crippen LogP contribution in [0.3, 0.4) is 0 Å². The molecule has 0 radical (unpaired) electrons. The molecular weight excluding hydrogens is 304 g/mol. The van der Waals surface area contributed by atoms with Crippen LogP contribution >= 0.6 is 0 Å². The zero-order valence-corrected chi connectivity index (χ0v) is 14.5. The number of benzene rings is 1. The second-order valence-electron chi connectivity index (χ2n) is 7.54. The molecule has 3 rings (SSSR count). The molecule has 6 nitrogen and oxygen atoms in total. The first-order valence-electron chi connectivity index (χ1n) is 8.34. The first kappa shape index (κ1) is 16.5. The smallest absolute Gasteiger partial charge is 0.254 e. The fourth-order valence-electron chi connectivity index (χ4n) is 2.98. The number of imidazole rings is 1. The minimum Gasteiger partial charge on any atom is -0.345 e. The average molecular weight is 328 g/mol. The summed E-state index contributed by atoms with van der Waals surface area (Å²) in [6.07, 6.45) is 2.16. The van der Waals surface area contributed by atoms with Gasteiger partial charge in [0.1, 0.15) is 0 Å². The first-order chi connectivity index (χ1) is 11.3. The summed E-state index contributed by atoms with van der Waals surface area (Å²) in [6, 6.07) is 5.49. The highest BCUT2D eigenvalue weighted by molar-refractivity contribution is 5.97. The van der Waals surface area contributed by atoms with E-state index in [1.807, 2.05) is 28.0 Å². The van der Waals surface area contributed by atoms with Gasteiger partial charge in [0.05, 0.1) is 17.4 Å². The maximum Gasteiger partial charge on any atom is 0.254 e. The number of aromatic nitrogens is 2. The molecule has 6 heteroatoms. The van der Waals surface area contributed by atoms with E-state index >= 15 is 0 Å². The third-order valence-electron chi connectivity index (χ3n) is 4.27. The molecule has 1 aromatic carbocycles. The number of hydrogen-bond donors (Lipinski definition) is 1.